The van der Waals surface area contributed by atoms with E-state index in [1.807, 2.05) is 0 Å². The van der Waals surface area contributed by atoms with E-state index < -0.39 is 10.0 Å². The molecule has 0 spiro atoms. The Labute approximate surface area is 169 Å². The monoisotopic (exact) mass is 421 g/mol. The minimum absolute atomic E-state index is 0.0626. The van der Waals surface area contributed by atoms with Crippen LogP contribution in [0.3, 0.4) is 0 Å². The van der Waals surface area contributed by atoms with Gasteiger partial charge in [0, 0.05) is 18.2 Å². The van der Waals surface area contributed by atoms with Gasteiger partial charge in [0.15, 0.2) is 10.9 Å². The summed E-state index contributed by atoms with van der Waals surface area (Å²) in [7, 11) is -3.75. The van der Waals surface area contributed by atoms with Crippen LogP contribution >= 0.6 is 11.8 Å². The second-order valence-corrected chi connectivity index (χ2v) is 8.89. The van der Waals surface area contributed by atoms with Crippen LogP contribution in [-0.4, -0.2) is 31.7 Å². The molecule has 2 rings (SSSR count). The van der Waals surface area contributed by atoms with Crippen molar-refractivity contribution in [3.63, 3.8) is 0 Å². The number of carbonyl (C=O) groups excluding carboxylic acids is 2. The number of rotatable bonds is 10. The normalized spacial score (nSPS) is 11.1. The molecule has 0 aliphatic heterocycles. The third-order valence-corrected chi connectivity index (χ3v) is 5.98. The summed E-state index contributed by atoms with van der Waals surface area (Å²) in [6.07, 6.45) is 1.96. The summed E-state index contributed by atoms with van der Waals surface area (Å²) in [6.45, 7) is 4.06. The summed E-state index contributed by atoms with van der Waals surface area (Å²) >= 11 is 0.943. The highest BCUT2D eigenvalue weighted by Gasteiger charge is 2.15. The first-order chi connectivity index (χ1) is 13.3. The number of hydrogen-bond acceptors (Lipinski definition) is 6. The molecule has 1 N–H and O–H groups in total. The van der Waals surface area contributed by atoms with E-state index in [0.29, 0.717) is 23.6 Å². The molecule has 0 atom stereocenters. The Balaban J connectivity index is 2.01. The van der Waals surface area contributed by atoms with E-state index in [2.05, 4.69) is 11.6 Å². The number of benzene rings is 2. The zero-order chi connectivity index (χ0) is 20.6. The number of carbonyl (C=O) groups is 2. The van der Waals surface area contributed by atoms with Crippen LogP contribution in [0.15, 0.2) is 53.4 Å². The fourth-order valence-electron chi connectivity index (χ4n) is 2.24. The molecule has 2 aromatic carbocycles. The van der Waals surface area contributed by atoms with E-state index in [1.165, 1.54) is 43.3 Å². The Bertz CT molecular complexity index is 907. The molecule has 8 heteroatoms. The van der Waals surface area contributed by atoms with Crippen molar-refractivity contribution < 1.29 is 22.7 Å². The molecule has 0 radical (unpaired) electrons. The second-order valence-electron chi connectivity index (χ2n) is 6.06. The lowest BCUT2D eigenvalue weighted by Gasteiger charge is -2.10. The number of hydrogen-bond donors (Lipinski definition) is 1. The average Bonchev–Trinajstić information content (AvgIpc) is 2.67. The van der Waals surface area contributed by atoms with Crippen LogP contribution in [0.2, 0.25) is 0 Å². The molecular weight excluding hydrogens is 398 g/mol. The Kier molecular flexibility index (Phi) is 8.07. The summed E-state index contributed by atoms with van der Waals surface area (Å²) in [5.74, 6) is 0.500. The molecule has 0 amide bonds. The van der Waals surface area contributed by atoms with Crippen LogP contribution < -0.4 is 9.46 Å². The zero-order valence-corrected chi connectivity index (χ0v) is 17.4. The van der Waals surface area contributed by atoms with Gasteiger partial charge in [-0.25, -0.2) is 8.42 Å². The molecule has 0 aliphatic carbocycles. The van der Waals surface area contributed by atoms with Gasteiger partial charge in [0.25, 0.3) is 10.0 Å². The molecule has 2 aromatic rings. The first-order valence-electron chi connectivity index (χ1n) is 8.84. The number of anilines is 1. The van der Waals surface area contributed by atoms with Gasteiger partial charge >= 0.3 is 0 Å². The maximum atomic E-state index is 12.5. The number of thioether (sulfide) groups is 1. The number of unbranched alkanes of at least 4 members (excludes halogenated alkanes) is 1. The predicted molar refractivity (Wildman–Crippen MR) is 112 cm³/mol. The maximum Gasteiger partial charge on any atom is 0.261 e. The van der Waals surface area contributed by atoms with Gasteiger partial charge in [0.1, 0.15) is 5.75 Å². The Morgan fingerprint density at radius 3 is 2.25 bits per heavy atom. The van der Waals surface area contributed by atoms with Gasteiger partial charge < -0.3 is 4.74 Å². The Morgan fingerprint density at radius 2 is 1.68 bits per heavy atom. The lowest BCUT2D eigenvalue weighted by molar-refractivity contribution is -0.109. The highest BCUT2D eigenvalue weighted by molar-refractivity contribution is 8.14. The highest BCUT2D eigenvalue weighted by Crippen LogP contribution is 2.20. The molecule has 6 nitrogen and oxygen atoms in total. The van der Waals surface area contributed by atoms with E-state index >= 15 is 0 Å². The zero-order valence-electron chi connectivity index (χ0n) is 15.8. The fourth-order valence-corrected chi connectivity index (χ4v) is 3.80. The Morgan fingerprint density at radius 1 is 1.04 bits per heavy atom. The van der Waals surface area contributed by atoms with Gasteiger partial charge in [-0.05, 0) is 55.0 Å². The van der Waals surface area contributed by atoms with Gasteiger partial charge in [-0.2, -0.15) is 0 Å². The molecule has 0 aliphatic rings. The van der Waals surface area contributed by atoms with E-state index in [-0.39, 0.29) is 21.5 Å². The molecule has 0 saturated carbocycles. The topological polar surface area (TPSA) is 89.5 Å². The molecule has 0 aromatic heterocycles. The van der Waals surface area contributed by atoms with Crippen LogP contribution in [0.5, 0.6) is 5.75 Å². The molecule has 0 saturated heterocycles. The molecule has 28 heavy (non-hydrogen) atoms. The van der Waals surface area contributed by atoms with Crippen molar-refractivity contribution in [3.05, 3.63) is 54.1 Å². The molecule has 0 fully saturated rings. The number of Topliss-reactive ketones (excluding diaryl/α,β-unsaturated/α-hetero) is 1. The first-order valence-corrected chi connectivity index (χ1v) is 11.3. The largest absolute Gasteiger partial charge is 0.494 e. The predicted octanol–water partition coefficient (Wildman–Crippen LogP) is 4.13. The van der Waals surface area contributed by atoms with Crippen LogP contribution in [0, 0.1) is 0 Å². The number of ketones is 1. The fraction of sp³-hybridized carbons (Fsp3) is 0.300. The van der Waals surface area contributed by atoms with Crippen LogP contribution in [0.25, 0.3) is 0 Å². The SMILES string of the molecule is CCCCOc1ccc(S(=O)(=O)Nc2ccc(C(=O)CSC(C)=O)cc2)cc1. The quantitative estimate of drug-likeness (QED) is 0.458. The lowest BCUT2D eigenvalue weighted by atomic mass is 10.1. The minimum Gasteiger partial charge on any atom is -0.494 e. The van der Waals surface area contributed by atoms with Crippen molar-refractivity contribution in [3.8, 4) is 5.75 Å². The van der Waals surface area contributed by atoms with Crippen molar-refractivity contribution in [1.29, 1.82) is 0 Å². The van der Waals surface area contributed by atoms with Crippen molar-refractivity contribution in [1.82, 2.24) is 0 Å². The van der Waals surface area contributed by atoms with E-state index in [9.17, 15) is 18.0 Å². The van der Waals surface area contributed by atoms with E-state index in [1.54, 1.807) is 12.1 Å². The van der Waals surface area contributed by atoms with E-state index in [0.717, 1.165) is 24.6 Å². The molecule has 150 valence electrons. The van der Waals surface area contributed by atoms with E-state index in [4.69, 9.17) is 4.74 Å². The molecule has 0 bridgehead atoms. The maximum absolute atomic E-state index is 12.5. The van der Waals surface area contributed by atoms with Crippen molar-refractivity contribution >= 4 is 38.4 Å². The average molecular weight is 422 g/mol. The third kappa shape index (κ3) is 6.69. The van der Waals surface area contributed by atoms with Gasteiger partial charge in [0.05, 0.1) is 17.3 Å². The summed E-state index contributed by atoms with van der Waals surface area (Å²) in [4.78, 5) is 23.0. The highest BCUT2D eigenvalue weighted by atomic mass is 32.2. The Hall–Kier alpha value is -2.32. The second kappa shape index (κ2) is 10.3. The van der Waals surface area contributed by atoms with Gasteiger partial charge in [-0.3, -0.25) is 14.3 Å². The van der Waals surface area contributed by atoms with Crippen molar-refractivity contribution in [2.45, 2.75) is 31.6 Å². The smallest absolute Gasteiger partial charge is 0.261 e. The van der Waals surface area contributed by atoms with Crippen LogP contribution in [0.4, 0.5) is 5.69 Å². The summed E-state index contributed by atoms with van der Waals surface area (Å²) in [6, 6.07) is 12.3. The number of nitrogens with one attached hydrogen (secondary N) is 1. The van der Waals surface area contributed by atoms with Gasteiger partial charge in [-0.1, -0.05) is 25.1 Å². The van der Waals surface area contributed by atoms with Gasteiger partial charge in [0.2, 0.25) is 0 Å². The molecule has 0 unspecified atom stereocenters. The van der Waals surface area contributed by atoms with Crippen molar-refractivity contribution in [2.24, 2.45) is 0 Å². The number of ether oxygens (including phenoxy) is 1. The van der Waals surface area contributed by atoms with Crippen LogP contribution in [0.1, 0.15) is 37.0 Å². The van der Waals surface area contributed by atoms with Crippen LogP contribution in [-0.2, 0) is 14.8 Å². The first kappa shape index (κ1) is 22.0. The summed E-state index contributed by atoms with van der Waals surface area (Å²) in [5, 5.41) is -0.125. The molecular formula is C20H23NO5S2. The summed E-state index contributed by atoms with van der Waals surface area (Å²) < 4.78 is 33.0. The standard InChI is InChI=1S/C20H23NO5S2/c1-3-4-13-26-18-9-11-19(12-10-18)28(24,25)21-17-7-5-16(6-8-17)20(23)14-27-15(2)22/h5-12,21H,3-4,13-14H2,1-2H3. The molecule has 0 heterocycles. The van der Waals surface area contributed by atoms with Crippen molar-refractivity contribution in [2.75, 3.05) is 17.1 Å². The minimum atomic E-state index is -3.75. The summed E-state index contributed by atoms with van der Waals surface area (Å²) in [5.41, 5.74) is 0.768. The number of sulfonamides is 1. The van der Waals surface area contributed by atoms with Gasteiger partial charge in [-0.15, -0.1) is 0 Å². The lowest BCUT2D eigenvalue weighted by Crippen LogP contribution is -2.13. The third-order valence-electron chi connectivity index (χ3n) is 3.77.